The topological polar surface area (TPSA) is 27.7 Å². The molecule has 3 fully saturated rings. The van der Waals surface area contributed by atoms with Crippen LogP contribution in [0.15, 0.2) is 0 Å². The van der Waals surface area contributed by atoms with E-state index in [0.717, 1.165) is 31.5 Å². The van der Waals surface area contributed by atoms with Gasteiger partial charge in [0.2, 0.25) is 0 Å². The number of fused-ring (bicyclic) bond motifs is 2. The third kappa shape index (κ3) is 1.92. The highest BCUT2D eigenvalue weighted by atomic mass is 16.7. The number of hydrogen-bond donors (Lipinski definition) is 0. The van der Waals surface area contributed by atoms with Crippen LogP contribution in [-0.4, -0.2) is 32.7 Å². The average Bonchev–Trinajstić information content (AvgIpc) is 3.02. The molecule has 0 spiro atoms. The van der Waals surface area contributed by atoms with Crippen LogP contribution >= 0.6 is 0 Å². The highest BCUT2D eigenvalue weighted by Crippen LogP contribution is 2.59. The summed E-state index contributed by atoms with van der Waals surface area (Å²) >= 11 is 0. The minimum atomic E-state index is 0.0449. The molecule has 2 saturated carbocycles. The van der Waals surface area contributed by atoms with Gasteiger partial charge in [-0.05, 0) is 49.4 Å². The average molecular weight is 240 g/mol. The monoisotopic (exact) mass is 240 g/mol. The number of hydrogen-bond acceptors (Lipinski definition) is 3. The molecule has 98 valence electrons. The van der Waals surface area contributed by atoms with Gasteiger partial charge in [0.25, 0.3) is 0 Å². The van der Waals surface area contributed by atoms with E-state index >= 15 is 0 Å². The van der Waals surface area contributed by atoms with Gasteiger partial charge in [0.1, 0.15) is 0 Å². The molecule has 0 aromatic rings. The van der Waals surface area contributed by atoms with Crippen LogP contribution in [0.1, 0.15) is 39.0 Å². The Balaban J connectivity index is 1.63. The molecule has 2 bridgehead atoms. The lowest BCUT2D eigenvalue weighted by atomic mass is 9.69. The Kier molecular flexibility index (Phi) is 3.18. The molecule has 0 aromatic heterocycles. The third-order valence-corrected chi connectivity index (χ3v) is 5.35. The van der Waals surface area contributed by atoms with Gasteiger partial charge in [-0.1, -0.05) is 6.92 Å². The van der Waals surface area contributed by atoms with E-state index in [1.54, 1.807) is 0 Å². The lowest BCUT2D eigenvalue weighted by Crippen LogP contribution is -2.40. The highest BCUT2D eigenvalue weighted by Gasteiger charge is 2.55. The summed E-state index contributed by atoms with van der Waals surface area (Å²) in [4.78, 5) is 0. The first kappa shape index (κ1) is 11.9. The first-order valence-electron chi connectivity index (χ1n) is 7.00. The number of rotatable bonds is 4. The largest absolute Gasteiger partial charge is 0.381 e. The Labute approximate surface area is 104 Å². The maximum absolute atomic E-state index is 5.79. The van der Waals surface area contributed by atoms with Gasteiger partial charge in [-0.3, -0.25) is 0 Å². The van der Waals surface area contributed by atoms with Crippen molar-refractivity contribution in [2.45, 2.75) is 51.4 Å². The lowest BCUT2D eigenvalue weighted by molar-refractivity contribution is -0.0820. The van der Waals surface area contributed by atoms with E-state index in [-0.39, 0.29) is 6.29 Å². The summed E-state index contributed by atoms with van der Waals surface area (Å²) in [6.45, 7) is 3.95. The minimum absolute atomic E-state index is 0.0449. The van der Waals surface area contributed by atoms with Crippen molar-refractivity contribution in [2.75, 3.05) is 20.3 Å². The zero-order valence-electron chi connectivity index (χ0n) is 11.0. The zero-order valence-corrected chi connectivity index (χ0v) is 11.0. The third-order valence-electron chi connectivity index (χ3n) is 5.35. The van der Waals surface area contributed by atoms with Crippen LogP contribution in [0.3, 0.4) is 0 Å². The SMILES string of the molecule is CO[C@H]1[C@@H]2CC[C@@H](C2)[C@@]1(C)CCC1OCCO1. The van der Waals surface area contributed by atoms with E-state index in [2.05, 4.69) is 6.92 Å². The van der Waals surface area contributed by atoms with E-state index in [1.165, 1.54) is 25.7 Å². The van der Waals surface area contributed by atoms with Crippen molar-refractivity contribution in [3.8, 4) is 0 Å². The van der Waals surface area contributed by atoms with Gasteiger partial charge in [-0.15, -0.1) is 0 Å². The van der Waals surface area contributed by atoms with Crippen molar-refractivity contribution in [3.05, 3.63) is 0 Å². The smallest absolute Gasteiger partial charge is 0.157 e. The molecule has 3 aliphatic rings. The molecule has 0 radical (unpaired) electrons. The summed E-state index contributed by atoms with van der Waals surface area (Å²) < 4.78 is 16.9. The van der Waals surface area contributed by atoms with Gasteiger partial charge >= 0.3 is 0 Å². The Hall–Kier alpha value is -0.120. The van der Waals surface area contributed by atoms with Crippen molar-refractivity contribution in [3.63, 3.8) is 0 Å². The van der Waals surface area contributed by atoms with E-state index < -0.39 is 0 Å². The fraction of sp³-hybridized carbons (Fsp3) is 1.00. The Morgan fingerprint density at radius 1 is 1.24 bits per heavy atom. The molecule has 1 heterocycles. The minimum Gasteiger partial charge on any atom is -0.381 e. The summed E-state index contributed by atoms with van der Waals surface area (Å²) in [7, 11) is 1.88. The van der Waals surface area contributed by atoms with E-state index in [0.29, 0.717) is 11.5 Å². The molecule has 17 heavy (non-hydrogen) atoms. The van der Waals surface area contributed by atoms with E-state index in [4.69, 9.17) is 14.2 Å². The van der Waals surface area contributed by atoms with Gasteiger partial charge < -0.3 is 14.2 Å². The highest BCUT2D eigenvalue weighted by molar-refractivity contribution is 5.04. The molecule has 3 nitrogen and oxygen atoms in total. The summed E-state index contributed by atoms with van der Waals surface area (Å²) in [6.07, 6.45) is 6.85. The quantitative estimate of drug-likeness (QED) is 0.756. The molecule has 1 aliphatic heterocycles. The predicted octanol–water partition coefficient (Wildman–Crippen LogP) is 2.59. The maximum Gasteiger partial charge on any atom is 0.157 e. The predicted molar refractivity (Wildman–Crippen MR) is 64.7 cm³/mol. The Bertz CT molecular complexity index is 275. The van der Waals surface area contributed by atoms with Gasteiger partial charge in [-0.2, -0.15) is 0 Å². The summed E-state index contributed by atoms with van der Waals surface area (Å²) in [5.74, 6) is 1.67. The normalized spacial score (nSPS) is 45.9. The van der Waals surface area contributed by atoms with Crippen LogP contribution in [0.25, 0.3) is 0 Å². The molecular weight excluding hydrogens is 216 g/mol. The molecule has 0 amide bonds. The molecule has 0 aromatic carbocycles. The molecule has 0 N–H and O–H groups in total. The fourth-order valence-corrected chi connectivity index (χ4v) is 4.47. The van der Waals surface area contributed by atoms with Crippen molar-refractivity contribution < 1.29 is 14.2 Å². The standard InChI is InChI=1S/C14H24O3/c1-14(6-5-12-16-7-8-17-12)11-4-3-10(9-11)13(14)15-2/h10-13H,3-9H2,1-2H3/t10-,11+,13+,14-/m1/s1. The maximum atomic E-state index is 5.79. The second-order valence-corrected chi connectivity index (χ2v) is 6.14. The van der Waals surface area contributed by atoms with E-state index in [9.17, 15) is 0 Å². The summed E-state index contributed by atoms with van der Waals surface area (Å²) in [5.41, 5.74) is 0.354. The first-order chi connectivity index (χ1) is 8.24. The summed E-state index contributed by atoms with van der Waals surface area (Å²) in [5, 5.41) is 0. The second kappa shape index (κ2) is 4.52. The number of methoxy groups -OCH3 is 1. The molecule has 3 rings (SSSR count). The molecule has 3 heteroatoms. The van der Waals surface area contributed by atoms with Gasteiger partial charge in [0.15, 0.2) is 6.29 Å². The summed E-state index contributed by atoms with van der Waals surface area (Å²) in [6, 6.07) is 0. The van der Waals surface area contributed by atoms with Crippen LogP contribution in [0.2, 0.25) is 0 Å². The van der Waals surface area contributed by atoms with E-state index in [1.807, 2.05) is 7.11 Å². The number of ether oxygens (including phenoxy) is 3. The van der Waals surface area contributed by atoms with Crippen molar-refractivity contribution >= 4 is 0 Å². The van der Waals surface area contributed by atoms with Gasteiger partial charge in [0, 0.05) is 7.11 Å². The van der Waals surface area contributed by atoms with Gasteiger partial charge in [0.05, 0.1) is 19.3 Å². The Morgan fingerprint density at radius 2 is 2.00 bits per heavy atom. The first-order valence-corrected chi connectivity index (χ1v) is 7.00. The molecule has 4 atom stereocenters. The molecular formula is C14H24O3. The van der Waals surface area contributed by atoms with Crippen LogP contribution in [0, 0.1) is 17.3 Å². The fourth-order valence-electron chi connectivity index (χ4n) is 4.47. The zero-order chi connectivity index (χ0) is 11.9. The Morgan fingerprint density at radius 3 is 2.71 bits per heavy atom. The molecule has 0 unspecified atom stereocenters. The van der Waals surface area contributed by atoms with Crippen LogP contribution < -0.4 is 0 Å². The lowest BCUT2D eigenvalue weighted by Gasteiger charge is -2.41. The second-order valence-electron chi connectivity index (χ2n) is 6.14. The van der Waals surface area contributed by atoms with Crippen molar-refractivity contribution in [1.82, 2.24) is 0 Å². The van der Waals surface area contributed by atoms with Crippen LogP contribution in [-0.2, 0) is 14.2 Å². The van der Waals surface area contributed by atoms with Crippen molar-refractivity contribution in [2.24, 2.45) is 17.3 Å². The van der Waals surface area contributed by atoms with Crippen molar-refractivity contribution in [1.29, 1.82) is 0 Å². The van der Waals surface area contributed by atoms with Crippen LogP contribution in [0.4, 0.5) is 0 Å². The van der Waals surface area contributed by atoms with Gasteiger partial charge in [-0.25, -0.2) is 0 Å². The molecule has 2 aliphatic carbocycles. The molecule has 1 saturated heterocycles. The van der Waals surface area contributed by atoms with Crippen LogP contribution in [0.5, 0.6) is 0 Å².